The minimum absolute atomic E-state index is 0.0188. The highest BCUT2D eigenvalue weighted by Gasteiger charge is 2.48. The number of imidazole rings is 1. The van der Waals surface area contributed by atoms with Gasteiger partial charge in [-0.25, -0.2) is 4.98 Å². The zero-order valence-electron chi connectivity index (χ0n) is 23.8. The highest BCUT2D eigenvalue weighted by molar-refractivity contribution is 7.80. The van der Waals surface area contributed by atoms with Gasteiger partial charge < -0.3 is 19.3 Å². The molecule has 1 N–H and O–H groups in total. The lowest BCUT2D eigenvalue weighted by molar-refractivity contribution is -0.136. The van der Waals surface area contributed by atoms with Crippen LogP contribution in [0, 0.1) is 5.92 Å². The van der Waals surface area contributed by atoms with Crippen molar-refractivity contribution in [1.29, 1.82) is 0 Å². The zero-order valence-corrected chi connectivity index (χ0v) is 24.6. The molecule has 8 nitrogen and oxygen atoms in total. The molecule has 1 aliphatic heterocycles. The molecule has 2 aliphatic rings. The molecule has 0 spiro atoms. The fraction of sp³-hybridized carbons (Fsp3) is 0.424. The van der Waals surface area contributed by atoms with Crippen LogP contribution in [-0.2, 0) is 25.6 Å². The molecular weight excluding hydrogens is 550 g/mol. The molecule has 0 amide bonds. The Morgan fingerprint density at radius 2 is 1.76 bits per heavy atom. The second kappa shape index (κ2) is 15.2. The molecule has 3 aromatic rings. The smallest absolute Gasteiger partial charge is 0.303 e. The van der Waals surface area contributed by atoms with Crippen LogP contribution >= 0.6 is 12.2 Å². The van der Waals surface area contributed by atoms with Crippen LogP contribution in [0.1, 0.15) is 37.7 Å². The monoisotopic (exact) mass is 589 g/mol. The topological polar surface area (TPSA) is 86.1 Å². The number of morpholine rings is 1. The minimum Gasteiger partial charge on any atom is -0.481 e. The number of benzene rings is 2. The minimum atomic E-state index is -0.776. The number of rotatable bonds is 12. The second-order valence-electron chi connectivity index (χ2n) is 10.8. The molecule has 222 valence electrons. The summed E-state index contributed by atoms with van der Waals surface area (Å²) in [5, 5.41) is 9.35. The summed E-state index contributed by atoms with van der Waals surface area (Å²) in [4.78, 5) is 17.5. The van der Waals surface area contributed by atoms with Crippen LogP contribution in [0.25, 0.3) is 11.1 Å². The summed E-state index contributed by atoms with van der Waals surface area (Å²) < 4.78 is 20.6. The Bertz CT molecular complexity index is 1290. The first-order valence-corrected chi connectivity index (χ1v) is 15.1. The Morgan fingerprint density at radius 1 is 1.02 bits per heavy atom. The lowest BCUT2D eigenvalue weighted by atomic mass is 9.93. The van der Waals surface area contributed by atoms with Gasteiger partial charge in [-0.3, -0.25) is 14.3 Å². The van der Waals surface area contributed by atoms with Crippen molar-refractivity contribution in [3.8, 4) is 11.1 Å². The highest BCUT2D eigenvalue weighted by Crippen LogP contribution is 2.39. The average Bonchev–Trinajstić information content (AvgIpc) is 3.68. The van der Waals surface area contributed by atoms with Crippen LogP contribution in [0.3, 0.4) is 0 Å². The van der Waals surface area contributed by atoms with Crippen LogP contribution in [0.2, 0.25) is 0 Å². The largest absolute Gasteiger partial charge is 0.481 e. The SMILES string of the molecule is O=C(O)CCC=CCCC1C(OCc2ccc(-c3ccccc3)cc2)CC(OC(=S)n2ccnc2)C1N1CCOCC1. The fourth-order valence-electron chi connectivity index (χ4n) is 6.00. The molecule has 42 heavy (non-hydrogen) atoms. The van der Waals surface area contributed by atoms with Crippen molar-refractivity contribution in [2.75, 3.05) is 26.3 Å². The van der Waals surface area contributed by atoms with Crippen molar-refractivity contribution in [3.63, 3.8) is 0 Å². The second-order valence-corrected chi connectivity index (χ2v) is 11.2. The van der Waals surface area contributed by atoms with Gasteiger partial charge in [0.15, 0.2) is 0 Å². The number of carboxylic acids is 1. The van der Waals surface area contributed by atoms with E-state index in [0.29, 0.717) is 31.4 Å². The molecule has 1 aliphatic carbocycles. The molecule has 0 radical (unpaired) electrons. The molecule has 0 bridgehead atoms. The molecule has 1 aromatic heterocycles. The van der Waals surface area contributed by atoms with E-state index in [1.165, 1.54) is 11.1 Å². The van der Waals surface area contributed by atoms with E-state index in [4.69, 9.17) is 31.5 Å². The third kappa shape index (κ3) is 8.13. The molecule has 1 saturated carbocycles. The molecule has 1 saturated heterocycles. The number of aromatic nitrogens is 2. The van der Waals surface area contributed by atoms with Crippen molar-refractivity contribution < 1.29 is 24.1 Å². The number of carboxylic acid groups (broad SMARTS) is 1. The number of hydrogen-bond donors (Lipinski definition) is 1. The summed E-state index contributed by atoms with van der Waals surface area (Å²) in [5.74, 6) is -0.562. The maximum Gasteiger partial charge on any atom is 0.303 e. The van der Waals surface area contributed by atoms with Crippen LogP contribution in [0.5, 0.6) is 0 Å². The van der Waals surface area contributed by atoms with Gasteiger partial charge >= 0.3 is 5.97 Å². The number of thiocarbonyl (C=S) groups is 1. The number of carbonyl (C=O) groups is 1. The van der Waals surface area contributed by atoms with Gasteiger partial charge in [-0.1, -0.05) is 66.7 Å². The van der Waals surface area contributed by atoms with Gasteiger partial charge in [-0.05, 0) is 48.2 Å². The first-order valence-electron chi connectivity index (χ1n) is 14.7. The highest BCUT2D eigenvalue weighted by atomic mass is 32.1. The summed E-state index contributed by atoms with van der Waals surface area (Å²) in [7, 11) is 0. The van der Waals surface area contributed by atoms with E-state index in [1.54, 1.807) is 23.3 Å². The molecule has 2 heterocycles. The van der Waals surface area contributed by atoms with Gasteiger partial charge in [0.05, 0.1) is 32.0 Å². The van der Waals surface area contributed by atoms with E-state index < -0.39 is 5.97 Å². The van der Waals surface area contributed by atoms with Crippen molar-refractivity contribution in [3.05, 3.63) is 91.0 Å². The summed E-state index contributed by atoms with van der Waals surface area (Å²) in [6.45, 7) is 3.56. The Kier molecular flexibility index (Phi) is 10.9. The summed E-state index contributed by atoms with van der Waals surface area (Å²) in [5.41, 5.74) is 3.50. The lowest BCUT2D eigenvalue weighted by Crippen LogP contribution is -2.51. The Labute approximate surface area is 252 Å². The Balaban J connectivity index is 1.31. The molecule has 4 unspecified atom stereocenters. The van der Waals surface area contributed by atoms with Crippen molar-refractivity contribution >= 4 is 23.4 Å². The predicted molar refractivity (Wildman–Crippen MR) is 165 cm³/mol. The van der Waals surface area contributed by atoms with E-state index in [2.05, 4.69) is 64.5 Å². The molecule has 2 aromatic carbocycles. The number of nitrogens with zero attached hydrogens (tertiary/aromatic N) is 3. The van der Waals surface area contributed by atoms with E-state index >= 15 is 0 Å². The van der Waals surface area contributed by atoms with Crippen LogP contribution < -0.4 is 0 Å². The van der Waals surface area contributed by atoms with Gasteiger partial charge in [-0.15, -0.1) is 0 Å². The predicted octanol–water partition coefficient (Wildman–Crippen LogP) is 5.58. The molecule has 2 fully saturated rings. The maximum absolute atomic E-state index is 10.9. The normalized spacial score (nSPS) is 22.9. The van der Waals surface area contributed by atoms with Crippen molar-refractivity contribution in [2.45, 2.75) is 57.0 Å². The third-order valence-electron chi connectivity index (χ3n) is 8.08. The fourth-order valence-corrected chi connectivity index (χ4v) is 6.23. The third-order valence-corrected chi connectivity index (χ3v) is 8.39. The van der Waals surface area contributed by atoms with Gasteiger partial charge in [0.1, 0.15) is 12.4 Å². The van der Waals surface area contributed by atoms with Gasteiger partial charge in [0, 0.05) is 44.2 Å². The average molecular weight is 590 g/mol. The van der Waals surface area contributed by atoms with E-state index in [1.807, 2.05) is 12.1 Å². The summed E-state index contributed by atoms with van der Waals surface area (Å²) in [6.07, 6.45) is 12.2. The Morgan fingerprint density at radius 3 is 2.48 bits per heavy atom. The van der Waals surface area contributed by atoms with Crippen molar-refractivity contribution in [1.82, 2.24) is 14.5 Å². The van der Waals surface area contributed by atoms with E-state index in [0.717, 1.165) is 37.9 Å². The quantitative estimate of drug-likeness (QED) is 0.217. The molecular formula is C33H39N3O5S. The maximum atomic E-state index is 10.9. The Hall–Kier alpha value is -3.37. The number of aliphatic carboxylic acids is 1. The van der Waals surface area contributed by atoms with Crippen LogP contribution in [0.4, 0.5) is 0 Å². The number of allylic oxidation sites excluding steroid dienone is 2. The number of hydrogen-bond acceptors (Lipinski definition) is 7. The van der Waals surface area contributed by atoms with Crippen molar-refractivity contribution in [2.24, 2.45) is 5.92 Å². The standard InChI is InChI=1S/C33H39N3O5S/c37-31(38)11-7-2-1-6-10-28-29(40-23-25-12-14-27(15-13-25)26-8-4-3-5-9-26)22-30(32(28)35-18-20-39-21-19-35)41-33(42)36-17-16-34-24-36/h1-5,8-9,12-17,24,28-30,32H,6-7,10-11,18-23H2,(H,37,38). The van der Waals surface area contributed by atoms with Gasteiger partial charge in [-0.2, -0.15) is 0 Å². The molecule has 9 heteroatoms. The van der Waals surface area contributed by atoms with E-state index in [-0.39, 0.29) is 30.6 Å². The summed E-state index contributed by atoms with van der Waals surface area (Å²) >= 11 is 5.65. The van der Waals surface area contributed by atoms with E-state index in [9.17, 15) is 4.79 Å². The lowest BCUT2D eigenvalue weighted by Gasteiger charge is -2.39. The molecule has 5 rings (SSSR count). The summed E-state index contributed by atoms with van der Waals surface area (Å²) in [6, 6.07) is 19.0. The van der Waals surface area contributed by atoms with Gasteiger partial charge in [0.2, 0.25) is 0 Å². The zero-order chi connectivity index (χ0) is 29.1. The van der Waals surface area contributed by atoms with Crippen LogP contribution in [0.15, 0.2) is 85.5 Å². The molecule has 4 atom stereocenters. The first kappa shape index (κ1) is 30.1. The number of ether oxygens (including phenoxy) is 3. The van der Waals surface area contributed by atoms with Gasteiger partial charge in [0.25, 0.3) is 5.17 Å². The van der Waals surface area contributed by atoms with Crippen LogP contribution in [-0.4, -0.2) is 75.3 Å². The first-order chi connectivity index (χ1) is 20.6.